The molecule has 2 aliphatic rings. The second-order valence-electron chi connectivity index (χ2n) is 5.90. The molecule has 2 unspecified atom stereocenters. The monoisotopic (exact) mass is 332 g/mol. The summed E-state index contributed by atoms with van der Waals surface area (Å²) < 4.78 is 38.4. The van der Waals surface area contributed by atoms with Gasteiger partial charge in [-0.25, -0.2) is 0 Å². The van der Waals surface area contributed by atoms with Crippen LogP contribution in [0.15, 0.2) is 12.4 Å². The van der Waals surface area contributed by atoms with E-state index in [1.165, 1.54) is 17.3 Å². The summed E-state index contributed by atoms with van der Waals surface area (Å²) in [6.45, 7) is -0.866. The molecule has 2 atom stereocenters. The van der Waals surface area contributed by atoms with Crippen molar-refractivity contribution in [3.63, 3.8) is 0 Å². The molecule has 7 nitrogen and oxygen atoms in total. The number of aromatic nitrogens is 2. The lowest BCUT2D eigenvalue weighted by molar-refractivity contribution is -0.253. The molecule has 0 radical (unpaired) electrons. The average Bonchev–Trinajstić information content (AvgIpc) is 3.16. The zero-order chi connectivity index (χ0) is 16.8. The molecule has 3 heterocycles. The van der Waals surface area contributed by atoms with Crippen molar-refractivity contribution in [3.05, 3.63) is 12.4 Å². The Bertz CT molecular complexity index is 618. The van der Waals surface area contributed by atoms with E-state index in [9.17, 15) is 27.9 Å². The van der Waals surface area contributed by atoms with E-state index >= 15 is 0 Å². The number of aromatic amines is 1. The number of nitrogens with zero attached hydrogens (tertiary/aromatic N) is 3. The molecule has 2 fully saturated rings. The van der Waals surface area contributed by atoms with E-state index in [-0.39, 0.29) is 25.4 Å². The molecule has 126 valence electrons. The number of carbonyl (C=O) groups excluding carboxylic acids is 2. The fourth-order valence-corrected chi connectivity index (χ4v) is 2.99. The Morgan fingerprint density at radius 1 is 1.48 bits per heavy atom. The standard InChI is InChI=1S/C13H15F3N4O3/c14-13(15,16)12(23)1-2-19(7-12)11(22)8-3-10(21)20(6-8)9-4-17-18-5-9/h4-5,8,23H,1-3,6-7H2,(H,17,18). The van der Waals surface area contributed by atoms with Crippen LogP contribution in [0.5, 0.6) is 0 Å². The van der Waals surface area contributed by atoms with Gasteiger partial charge in [-0.2, -0.15) is 18.3 Å². The number of aliphatic hydroxyl groups is 1. The van der Waals surface area contributed by atoms with Crippen LogP contribution >= 0.6 is 0 Å². The van der Waals surface area contributed by atoms with Crippen molar-refractivity contribution in [2.45, 2.75) is 24.6 Å². The fourth-order valence-electron chi connectivity index (χ4n) is 2.99. The minimum atomic E-state index is -4.78. The molecule has 0 bridgehead atoms. The number of β-amino-alcohol motifs (C(OH)–C–C–N with tert-alkyl or cyclic N) is 1. The Kier molecular flexibility index (Phi) is 3.58. The number of amides is 2. The van der Waals surface area contributed by atoms with Crippen LogP contribution in [0.2, 0.25) is 0 Å². The number of halogens is 3. The van der Waals surface area contributed by atoms with Gasteiger partial charge in [0.25, 0.3) is 0 Å². The number of anilines is 1. The number of H-pyrrole nitrogens is 1. The van der Waals surface area contributed by atoms with Gasteiger partial charge < -0.3 is 14.9 Å². The van der Waals surface area contributed by atoms with E-state index in [4.69, 9.17) is 0 Å². The quantitative estimate of drug-likeness (QED) is 0.814. The van der Waals surface area contributed by atoms with Crippen molar-refractivity contribution in [1.82, 2.24) is 15.1 Å². The Hall–Kier alpha value is -2.10. The molecular weight excluding hydrogens is 317 g/mol. The van der Waals surface area contributed by atoms with Crippen molar-refractivity contribution in [3.8, 4) is 0 Å². The molecular formula is C13H15F3N4O3. The van der Waals surface area contributed by atoms with Crippen LogP contribution in [0.25, 0.3) is 0 Å². The molecule has 1 aromatic rings. The van der Waals surface area contributed by atoms with Gasteiger partial charge in [0.1, 0.15) is 0 Å². The predicted octanol–water partition coefficient (Wildman–Crippen LogP) is 0.288. The number of likely N-dealkylation sites (tertiary alicyclic amines) is 1. The van der Waals surface area contributed by atoms with Crippen molar-refractivity contribution < 1.29 is 27.9 Å². The molecule has 2 aliphatic heterocycles. The van der Waals surface area contributed by atoms with Crippen LogP contribution in [-0.4, -0.2) is 63.4 Å². The van der Waals surface area contributed by atoms with Gasteiger partial charge in [0, 0.05) is 32.1 Å². The minimum Gasteiger partial charge on any atom is -0.379 e. The molecule has 0 aromatic carbocycles. The molecule has 10 heteroatoms. The molecule has 23 heavy (non-hydrogen) atoms. The third-order valence-electron chi connectivity index (χ3n) is 4.36. The topological polar surface area (TPSA) is 89.5 Å². The minimum absolute atomic E-state index is 0.0645. The smallest absolute Gasteiger partial charge is 0.379 e. The second kappa shape index (κ2) is 5.22. The van der Waals surface area contributed by atoms with Crippen LogP contribution in [0, 0.1) is 5.92 Å². The maximum Gasteiger partial charge on any atom is 0.419 e. The third kappa shape index (κ3) is 2.67. The molecule has 2 N–H and O–H groups in total. The van der Waals surface area contributed by atoms with Gasteiger partial charge in [-0.05, 0) is 0 Å². The highest BCUT2D eigenvalue weighted by molar-refractivity contribution is 6.00. The molecule has 1 aromatic heterocycles. The lowest BCUT2D eigenvalue weighted by Crippen LogP contribution is -2.48. The molecule has 2 saturated heterocycles. The van der Waals surface area contributed by atoms with E-state index in [0.717, 1.165) is 4.90 Å². The summed E-state index contributed by atoms with van der Waals surface area (Å²) >= 11 is 0. The number of carbonyl (C=O) groups is 2. The summed E-state index contributed by atoms with van der Waals surface area (Å²) in [5, 5.41) is 15.9. The summed E-state index contributed by atoms with van der Waals surface area (Å²) in [6.07, 6.45) is -2.46. The maximum atomic E-state index is 12.8. The number of hydrogen-bond donors (Lipinski definition) is 2. The van der Waals surface area contributed by atoms with Gasteiger partial charge in [0.15, 0.2) is 5.60 Å². The van der Waals surface area contributed by atoms with Crippen LogP contribution in [0.3, 0.4) is 0 Å². The van der Waals surface area contributed by atoms with E-state index in [2.05, 4.69) is 10.2 Å². The van der Waals surface area contributed by atoms with Gasteiger partial charge in [-0.15, -0.1) is 0 Å². The maximum absolute atomic E-state index is 12.8. The summed E-state index contributed by atoms with van der Waals surface area (Å²) in [5.41, 5.74) is -2.35. The highest BCUT2D eigenvalue weighted by Crippen LogP contribution is 2.38. The van der Waals surface area contributed by atoms with E-state index < -0.39 is 36.6 Å². The van der Waals surface area contributed by atoms with Gasteiger partial charge in [0.2, 0.25) is 11.8 Å². The van der Waals surface area contributed by atoms with Crippen molar-refractivity contribution in [2.75, 3.05) is 24.5 Å². The molecule has 0 aliphatic carbocycles. The highest BCUT2D eigenvalue weighted by atomic mass is 19.4. The fraction of sp³-hybridized carbons (Fsp3) is 0.615. The summed E-state index contributed by atoms with van der Waals surface area (Å²) in [5.74, 6) is -1.53. The highest BCUT2D eigenvalue weighted by Gasteiger charge is 2.58. The van der Waals surface area contributed by atoms with Gasteiger partial charge >= 0.3 is 6.18 Å². The lowest BCUT2D eigenvalue weighted by Gasteiger charge is -2.26. The Morgan fingerprint density at radius 2 is 2.22 bits per heavy atom. The van der Waals surface area contributed by atoms with Crippen molar-refractivity contribution in [1.29, 1.82) is 0 Å². The Balaban J connectivity index is 1.67. The summed E-state index contributed by atoms with van der Waals surface area (Å²) in [4.78, 5) is 26.7. The van der Waals surface area contributed by atoms with Gasteiger partial charge in [0.05, 0.1) is 24.3 Å². The predicted molar refractivity (Wildman–Crippen MR) is 71.2 cm³/mol. The van der Waals surface area contributed by atoms with Crippen molar-refractivity contribution >= 4 is 17.5 Å². The SMILES string of the molecule is O=C(C1CC(=O)N(c2cn[nH]c2)C1)N1CCC(O)(C(F)(F)F)C1. The first kappa shape index (κ1) is 15.8. The zero-order valence-electron chi connectivity index (χ0n) is 12.0. The van der Waals surface area contributed by atoms with Crippen LogP contribution in [0.1, 0.15) is 12.8 Å². The zero-order valence-corrected chi connectivity index (χ0v) is 12.0. The number of hydrogen-bond acceptors (Lipinski definition) is 4. The Morgan fingerprint density at radius 3 is 2.78 bits per heavy atom. The summed E-state index contributed by atoms with van der Waals surface area (Å²) in [6, 6.07) is 0. The third-order valence-corrected chi connectivity index (χ3v) is 4.36. The van der Waals surface area contributed by atoms with Crippen molar-refractivity contribution in [2.24, 2.45) is 5.92 Å². The van der Waals surface area contributed by atoms with Crippen LogP contribution in [0.4, 0.5) is 18.9 Å². The van der Waals surface area contributed by atoms with E-state index in [1.807, 2.05) is 0 Å². The average molecular weight is 332 g/mol. The first-order chi connectivity index (χ1) is 10.7. The largest absolute Gasteiger partial charge is 0.419 e. The first-order valence-electron chi connectivity index (χ1n) is 7.08. The van der Waals surface area contributed by atoms with Crippen LogP contribution < -0.4 is 4.90 Å². The second-order valence-corrected chi connectivity index (χ2v) is 5.90. The first-order valence-corrected chi connectivity index (χ1v) is 7.08. The molecule has 0 spiro atoms. The molecule has 2 amide bonds. The van der Waals surface area contributed by atoms with E-state index in [1.54, 1.807) is 0 Å². The number of alkyl halides is 3. The molecule has 0 saturated carbocycles. The Labute approximate surface area is 129 Å². The number of rotatable bonds is 2. The lowest BCUT2D eigenvalue weighted by atomic mass is 10.0. The van der Waals surface area contributed by atoms with Gasteiger partial charge in [-0.1, -0.05) is 0 Å². The van der Waals surface area contributed by atoms with Crippen LogP contribution in [-0.2, 0) is 9.59 Å². The van der Waals surface area contributed by atoms with E-state index in [0.29, 0.717) is 5.69 Å². The molecule has 3 rings (SSSR count). The van der Waals surface area contributed by atoms with Gasteiger partial charge in [-0.3, -0.25) is 14.7 Å². The number of nitrogens with one attached hydrogen (secondary N) is 1. The normalized spacial score (nSPS) is 28.7. The summed E-state index contributed by atoms with van der Waals surface area (Å²) in [7, 11) is 0.